The van der Waals surface area contributed by atoms with Crippen molar-refractivity contribution in [2.24, 2.45) is 22.2 Å². The van der Waals surface area contributed by atoms with Crippen LogP contribution in [0.1, 0.15) is 54.9 Å². The summed E-state index contributed by atoms with van der Waals surface area (Å²) in [7, 11) is 1.25. The molecule has 0 spiro atoms. The minimum atomic E-state index is -5.06. The lowest BCUT2D eigenvalue weighted by Crippen LogP contribution is -2.45. The molecule has 0 aliphatic carbocycles. The van der Waals surface area contributed by atoms with E-state index in [2.05, 4.69) is 4.74 Å². The fraction of sp³-hybridized carbons (Fsp3) is 0.515. The van der Waals surface area contributed by atoms with E-state index < -0.39 is 59.8 Å². The Kier molecular flexibility index (Phi) is 10.4. The third-order valence-electron chi connectivity index (χ3n) is 7.73. The van der Waals surface area contributed by atoms with Crippen LogP contribution in [0.3, 0.4) is 0 Å². The minimum Gasteiger partial charge on any atom is -0.497 e. The van der Waals surface area contributed by atoms with Gasteiger partial charge in [-0.05, 0) is 54.5 Å². The highest BCUT2D eigenvalue weighted by atomic mass is 19.4. The summed E-state index contributed by atoms with van der Waals surface area (Å²) in [5, 5.41) is 0.248. The smallest absolute Gasteiger partial charge is 0.497 e. The molecule has 1 aromatic heterocycles. The average Bonchev–Trinajstić information content (AvgIpc) is 2.89. The molecule has 0 saturated carbocycles. The maximum atomic E-state index is 14.0. The summed E-state index contributed by atoms with van der Waals surface area (Å²) >= 11 is 0. The molecule has 7 nitrogen and oxygen atoms in total. The van der Waals surface area contributed by atoms with Crippen molar-refractivity contribution in [1.29, 1.82) is 0 Å². The molecular formula is C33H38F6O7. The molecule has 254 valence electrons. The Balaban J connectivity index is 1.83. The van der Waals surface area contributed by atoms with Crippen LogP contribution >= 0.6 is 0 Å². The fourth-order valence-corrected chi connectivity index (χ4v) is 4.90. The molecule has 0 N–H and O–H groups in total. The van der Waals surface area contributed by atoms with E-state index in [1.807, 2.05) is 41.5 Å². The van der Waals surface area contributed by atoms with Gasteiger partial charge in [0.25, 0.3) is 0 Å². The number of hydrogen-bond donors (Lipinski definition) is 0. The van der Waals surface area contributed by atoms with Crippen molar-refractivity contribution < 1.29 is 54.5 Å². The van der Waals surface area contributed by atoms with E-state index in [0.717, 1.165) is 6.07 Å². The summed E-state index contributed by atoms with van der Waals surface area (Å²) < 4.78 is 106. The number of carbonyl (C=O) groups is 1. The number of fused-ring (bicyclic) bond motifs is 1. The van der Waals surface area contributed by atoms with Gasteiger partial charge in [0.05, 0.1) is 18.1 Å². The number of alkyl halides is 6. The monoisotopic (exact) mass is 660 g/mol. The van der Waals surface area contributed by atoms with E-state index >= 15 is 0 Å². The lowest BCUT2D eigenvalue weighted by Gasteiger charge is -2.43. The summed E-state index contributed by atoms with van der Waals surface area (Å²) in [5.74, 6) is -3.63. The average molecular weight is 661 g/mol. The highest BCUT2D eigenvalue weighted by Crippen LogP contribution is 2.47. The van der Waals surface area contributed by atoms with Crippen molar-refractivity contribution in [3.8, 4) is 28.4 Å². The van der Waals surface area contributed by atoms with Gasteiger partial charge < -0.3 is 23.4 Å². The van der Waals surface area contributed by atoms with Crippen LogP contribution in [0, 0.1) is 22.2 Å². The highest BCUT2D eigenvalue weighted by molar-refractivity contribution is 5.84. The molecule has 0 saturated heterocycles. The summed E-state index contributed by atoms with van der Waals surface area (Å²) in [6.07, 6.45) is -9.44. The predicted octanol–water partition coefficient (Wildman–Crippen LogP) is 8.96. The van der Waals surface area contributed by atoms with Gasteiger partial charge in [0.15, 0.2) is 0 Å². The number of esters is 1. The molecule has 0 bridgehead atoms. The SMILES string of the molecule is COc1ccc(-c2cc3ccc(OCC(COC(=O)C(C)(CC(C)(C)C)C(C)(C)C)C(F)(F)F)cc3oc2=O)c(OC(F)(F)F)c1. The second-order valence-electron chi connectivity index (χ2n) is 13.5. The summed E-state index contributed by atoms with van der Waals surface area (Å²) in [6, 6.07) is 8.63. The van der Waals surface area contributed by atoms with Crippen LogP contribution in [0.15, 0.2) is 51.7 Å². The van der Waals surface area contributed by atoms with Gasteiger partial charge in [-0.1, -0.05) is 41.5 Å². The van der Waals surface area contributed by atoms with E-state index in [-0.39, 0.29) is 39.0 Å². The Morgan fingerprint density at radius 1 is 0.826 bits per heavy atom. The number of hydrogen-bond acceptors (Lipinski definition) is 7. The molecule has 3 rings (SSSR count). The Morgan fingerprint density at radius 3 is 2.00 bits per heavy atom. The Morgan fingerprint density at radius 2 is 1.46 bits per heavy atom. The largest absolute Gasteiger partial charge is 0.573 e. The van der Waals surface area contributed by atoms with Crippen molar-refractivity contribution in [2.45, 2.75) is 67.4 Å². The second-order valence-corrected chi connectivity index (χ2v) is 13.5. The maximum Gasteiger partial charge on any atom is 0.573 e. The van der Waals surface area contributed by atoms with E-state index in [0.29, 0.717) is 6.42 Å². The first-order valence-corrected chi connectivity index (χ1v) is 14.3. The van der Waals surface area contributed by atoms with Crippen molar-refractivity contribution >= 4 is 16.9 Å². The second kappa shape index (κ2) is 13.1. The zero-order chi connectivity index (χ0) is 34.9. The van der Waals surface area contributed by atoms with E-state index in [9.17, 15) is 35.9 Å². The van der Waals surface area contributed by atoms with Crippen LogP contribution in [0.5, 0.6) is 17.2 Å². The third-order valence-corrected chi connectivity index (χ3v) is 7.73. The lowest BCUT2D eigenvalue weighted by molar-refractivity contribution is -0.274. The number of rotatable bonds is 10. The summed E-state index contributed by atoms with van der Waals surface area (Å²) in [4.78, 5) is 26.0. The van der Waals surface area contributed by atoms with Crippen molar-refractivity contribution in [2.75, 3.05) is 20.3 Å². The highest BCUT2D eigenvalue weighted by Gasteiger charge is 2.49. The van der Waals surface area contributed by atoms with Crippen LogP contribution in [0.25, 0.3) is 22.1 Å². The van der Waals surface area contributed by atoms with Crippen molar-refractivity contribution in [3.05, 3.63) is 52.9 Å². The van der Waals surface area contributed by atoms with Crippen molar-refractivity contribution in [1.82, 2.24) is 0 Å². The first kappa shape index (κ1) is 36.6. The van der Waals surface area contributed by atoms with Gasteiger partial charge in [0.2, 0.25) is 0 Å². The molecule has 1 heterocycles. The van der Waals surface area contributed by atoms with E-state index in [1.165, 1.54) is 43.5 Å². The Hall–Kier alpha value is -3.90. The molecule has 3 aromatic rings. The topological polar surface area (TPSA) is 84.2 Å². The number of carbonyl (C=O) groups excluding carboxylic acids is 1. The minimum absolute atomic E-state index is 0.0509. The molecule has 0 amide bonds. The van der Waals surface area contributed by atoms with E-state index in [4.69, 9.17) is 18.6 Å². The van der Waals surface area contributed by atoms with Crippen molar-refractivity contribution in [3.63, 3.8) is 0 Å². The van der Waals surface area contributed by atoms with E-state index in [1.54, 1.807) is 6.92 Å². The number of ether oxygens (including phenoxy) is 4. The lowest BCUT2D eigenvalue weighted by atomic mass is 9.61. The first-order valence-electron chi connectivity index (χ1n) is 14.3. The molecule has 0 radical (unpaired) electrons. The van der Waals surface area contributed by atoms with Crippen LogP contribution in [-0.4, -0.2) is 38.8 Å². The summed E-state index contributed by atoms with van der Waals surface area (Å²) in [6.45, 7) is 11.1. The van der Waals surface area contributed by atoms with Gasteiger partial charge in [0, 0.05) is 23.1 Å². The number of benzene rings is 2. The molecule has 0 aliphatic rings. The van der Waals surface area contributed by atoms with Gasteiger partial charge >= 0.3 is 24.1 Å². The molecule has 2 atom stereocenters. The molecular weight excluding hydrogens is 622 g/mol. The zero-order valence-corrected chi connectivity index (χ0v) is 26.9. The molecule has 2 aromatic carbocycles. The van der Waals surface area contributed by atoms with Gasteiger partial charge in [0.1, 0.15) is 42.0 Å². The summed E-state index contributed by atoms with van der Waals surface area (Å²) in [5.41, 5.74) is -3.56. The van der Waals surface area contributed by atoms with Crippen LogP contribution in [0.4, 0.5) is 26.3 Å². The normalized spacial score (nSPS) is 14.8. The molecule has 0 fully saturated rings. The van der Waals surface area contributed by atoms with Gasteiger partial charge in [-0.15, -0.1) is 13.2 Å². The Labute approximate surface area is 262 Å². The number of methoxy groups -OCH3 is 1. The standard InChI is InChI=1S/C33H38F6O7/c1-29(2,3)18-31(7,30(4,5)6)28(41)44-17-20(32(34,35)36)16-43-22-10-9-19-13-24(27(40)45-25(19)15-22)23-12-11-21(42-8)14-26(23)46-33(37,38)39/h9-15,20H,16-18H2,1-8H3. The first-order chi connectivity index (χ1) is 20.9. The van der Waals surface area contributed by atoms with Crippen LogP contribution in [-0.2, 0) is 9.53 Å². The van der Waals surface area contributed by atoms with Gasteiger partial charge in [-0.3, -0.25) is 4.79 Å². The third kappa shape index (κ3) is 9.10. The fourth-order valence-electron chi connectivity index (χ4n) is 4.90. The molecule has 2 unspecified atom stereocenters. The molecule has 0 aliphatic heterocycles. The molecule has 46 heavy (non-hydrogen) atoms. The van der Waals surface area contributed by atoms with Crippen LogP contribution < -0.4 is 19.8 Å². The Bertz CT molecular complexity index is 1600. The van der Waals surface area contributed by atoms with Crippen LogP contribution in [0.2, 0.25) is 0 Å². The predicted molar refractivity (Wildman–Crippen MR) is 159 cm³/mol. The van der Waals surface area contributed by atoms with Gasteiger partial charge in [-0.2, -0.15) is 13.2 Å². The van der Waals surface area contributed by atoms with Gasteiger partial charge in [-0.25, -0.2) is 4.79 Å². The molecule has 13 heteroatoms. The zero-order valence-electron chi connectivity index (χ0n) is 26.9. The maximum absolute atomic E-state index is 14.0. The quantitative estimate of drug-likeness (QED) is 0.122. The number of halogens is 6.